The van der Waals surface area contributed by atoms with Crippen molar-refractivity contribution in [3.8, 4) is 0 Å². The second-order valence-corrected chi connectivity index (χ2v) is 4.80. The van der Waals surface area contributed by atoms with Crippen LogP contribution < -0.4 is 0 Å². The lowest BCUT2D eigenvalue weighted by Gasteiger charge is -2.31. The monoisotopic (exact) mass is 272 g/mol. The van der Waals surface area contributed by atoms with Crippen molar-refractivity contribution in [3.63, 3.8) is 0 Å². The van der Waals surface area contributed by atoms with Crippen LogP contribution in [0.3, 0.4) is 0 Å². The first-order chi connectivity index (χ1) is 9.83. The highest BCUT2D eigenvalue weighted by atomic mass is 16.3. The van der Waals surface area contributed by atoms with Crippen molar-refractivity contribution < 1.29 is 9.21 Å². The van der Waals surface area contributed by atoms with Crippen LogP contribution in [0, 0.1) is 0 Å². The molecule has 3 rings (SSSR count). The van der Waals surface area contributed by atoms with Crippen LogP contribution in [0.15, 0.2) is 41.5 Å². The molecular formula is C14H16N4O2. The molecule has 1 atom stereocenters. The average molecular weight is 272 g/mol. The molecule has 6 nitrogen and oxygen atoms in total. The number of carbonyl (C=O) groups excluding carboxylic acids is 1. The molecule has 6 heteroatoms. The molecule has 1 aliphatic heterocycles. The Labute approximate surface area is 116 Å². The lowest BCUT2D eigenvalue weighted by atomic mass is 10.1. The average Bonchev–Trinajstić information content (AvgIpc) is 3.18. The molecule has 1 amide bonds. The Balaban J connectivity index is 1.63. The first kappa shape index (κ1) is 12.7. The van der Waals surface area contributed by atoms with Crippen molar-refractivity contribution in [1.82, 2.24) is 19.7 Å². The van der Waals surface area contributed by atoms with E-state index in [0.29, 0.717) is 12.3 Å². The summed E-state index contributed by atoms with van der Waals surface area (Å²) in [5.41, 5.74) is 0. The number of hydrogen-bond donors (Lipinski definition) is 0. The van der Waals surface area contributed by atoms with Crippen LogP contribution in [-0.4, -0.2) is 38.7 Å². The molecule has 1 aliphatic rings. The van der Waals surface area contributed by atoms with Crippen molar-refractivity contribution in [1.29, 1.82) is 0 Å². The second-order valence-electron chi connectivity index (χ2n) is 4.80. The van der Waals surface area contributed by atoms with Gasteiger partial charge in [-0.2, -0.15) is 5.10 Å². The summed E-state index contributed by atoms with van der Waals surface area (Å²) in [7, 11) is 0. The topological polar surface area (TPSA) is 64.2 Å². The predicted molar refractivity (Wildman–Crippen MR) is 72.6 cm³/mol. The lowest BCUT2D eigenvalue weighted by Crippen LogP contribution is -2.40. The highest BCUT2D eigenvalue weighted by Crippen LogP contribution is 2.20. The Morgan fingerprint density at radius 3 is 3.20 bits per heavy atom. The molecule has 0 radical (unpaired) electrons. The molecule has 0 unspecified atom stereocenters. The van der Waals surface area contributed by atoms with Gasteiger partial charge in [-0.3, -0.25) is 4.79 Å². The lowest BCUT2D eigenvalue weighted by molar-refractivity contribution is -0.127. The molecule has 0 bridgehead atoms. The number of rotatable bonds is 3. The van der Waals surface area contributed by atoms with E-state index in [9.17, 15) is 4.79 Å². The van der Waals surface area contributed by atoms with Gasteiger partial charge in [-0.05, 0) is 31.1 Å². The van der Waals surface area contributed by atoms with Crippen LogP contribution in [0.5, 0.6) is 0 Å². The van der Waals surface area contributed by atoms with E-state index in [2.05, 4.69) is 10.1 Å². The summed E-state index contributed by atoms with van der Waals surface area (Å²) in [5.74, 6) is 0.689. The molecule has 1 saturated heterocycles. The molecule has 0 saturated carbocycles. The first-order valence-electron chi connectivity index (χ1n) is 6.67. The number of piperidine rings is 1. The minimum Gasteiger partial charge on any atom is -0.465 e. The van der Waals surface area contributed by atoms with Gasteiger partial charge >= 0.3 is 0 Å². The van der Waals surface area contributed by atoms with Crippen LogP contribution in [0.4, 0.5) is 0 Å². The summed E-state index contributed by atoms with van der Waals surface area (Å²) in [5, 5.41) is 4.15. The number of aromatic nitrogens is 3. The first-order valence-corrected chi connectivity index (χ1v) is 6.67. The zero-order valence-electron chi connectivity index (χ0n) is 11.1. The van der Waals surface area contributed by atoms with E-state index in [4.69, 9.17) is 4.42 Å². The van der Waals surface area contributed by atoms with Crippen LogP contribution in [0.2, 0.25) is 0 Å². The Hall–Kier alpha value is -2.37. The van der Waals surface area contributed by atoms with Crippen molar-refractivity contribution in [2.45, 2.75) is 18.9 Å². The van der Waals surface area contributed by atoms with Gasteiger partial charge in [0, 0.05) is 19.2 Å². The molecule has 104 valence electrons. The Bertz CT molecular complexity index is 574. The molecule has 2 aromatic rings. The zero-order chi connectivity index (χ0) is 13.8. The van der Waals surface area contributed by atoms with Gasteiger partial charge in [0.05, 0.1) is 12.3 Å². The van der Waals surface area contributed by atoms with Crippen molar-refractivity contribution >= 4 is 12.0 Å². The summed E-state index contributed by atoms with van der Waals surface area (Å²) in [6, 6.07) is 3.83. The minimum absolute atomic E-state index is 0.00575. The molecule has 3 heterocycles. The van der Waals surface area contributed by atoms with Crippen LogP contribution in [0.25, 0.3) is 6.08 Å². The fourth-order valence-electron chi connectivity index (χ4n) is 2.42. The molecule has 20 heavy (non-hydrogen) atoms. The number of nitrogens with zero attached hydrogens (tertiary/aromatic N) is 4. The predicted octanol–water partition coefficient (Wildman–Crippen LogP) is 1.75. The third kappa shape index (κ3) is 2.79. The second kappa shape index (κ2) is 5.73. The normalized spacial score (nSPS) is 19.6. The van der Waals surface area contributed by atoms with E-state index in [-0.39, 0.29) is 11.9 Å². The van der Waals surface area contributed by atoms with Crippen molar-refractivity contribution in [2.24, 2.45) is 0 Å². The van der Waals surface area contributed by atoms with Gasteiger partial charge in [-0.15, -0.1) is 0 Å². The maximum absolute atomic E-state index is 12.2. The number of carbonyl (C=O) groups is 1. The number of furan rings is 1. The fraction of sp³-hybridized carbons (Fsp3) is 0.357. The van der Waals surface area contributed by atoms with Gasteiger partial charge in [-0.1, -0.05) is 0 Å². The van der Waals surface area contributed by atoms with E-state index in [1.54, 1.807) is 30.8 Å². The molecule has 1 fully saturated rings. The number of amides is 1. The van der Waals surface area contributed by atoms with E-state index in [1.165, 1.54) is 6.33 Å². The van der Waals surface area contributed by atoms with Gasteiger partial charge in [-0.25, -0.2) is 9.67 Å². The van der Waals surface area contributed by atoms with Crippen LogP contribution in [-0.2, 0) is 4.79 Å². The van der Waals surface area contributed by atoms with Gasteiger partial charge in [0.1, 0.15) is 18.4 Å². The summed E-state index contributed by atoms with van der Waals surface area (Å²) in [6.45, 7) is 1.46. The van der Waals surface area contributed by atoms with E-state index in [0.717, 1.165) is 19.4 Å². The maximum Gasteiger partial charge on any atom is 0.246 e. The van der Waals surface area contributed by atoms with E-state index < -0.39 is 0 Å². The maximum atomic E-state index is 12.2. The van der Waals surface area contributed by atoms with Gasteiger partial charge < -0.3 is 9.32 Å². The summed E-state index contributed by atoms with van der Waals surface area (Å²) in [4.78, 5) is 18.0. The smallest absolute Gasteiger partial charge is 0.246 e. The number of hydrogen-bond acceptors (Lipinski definition) is 4. The van der Waals surface area contributed by atoms with Crippen molar-refractivity contribution in [2.75, 3.05) is 13.1 Å². The van der Waals surface area contributed by atoms with E-state index >= 15 is 0 Å². The summed E-state index contributed by atoms with van der Waals surface area (Å²) >= 11 is 0. The molecular weight excluding hydrogens is 256 g/mol. The molecule has 0 aliphatic carbocycles. The summed E-state index contributed by atoms with van der Waals surface area (Å²) < 4.78 is 7.00. The standard InChI is InChI=1S/C14H16N4O2/c19-14(6-5-13-4-2-8-20-13)17-7-1-3-12(9-17)18-11-15-10-16-18/h2,4-6,8,10-12H,1,3,7,9H2/b6-5+/t12-/m0/s1. The Kier molecular flexibility index (Phi) is 3.62. The Morgan fingerprint density at radius 1 is 1.50 bits per heavy atom. The van der Waals surface area contributed by atoms with Crippen LogP contribution in [0.1, 0.15) is 24.6 Å². The summed E-state index contributed by atoms with van der Waals surface area (Å²) in [6.07, 6.45) is 10.1. The van der Waals surface area contributed by atoms with Gasteiger partial charge in [0.2, 0.25) is 5.91 Å². The van der Waals surface area contributed by atoms with Crippen LogP contribution >= 0.6 is 0 Å². The third-order valence-corrected chi connectivity index (χ3v) is 3.45. The number of likely N-dealkylation sites (tertiary alicyclic amines) is 1. The Morgan fingerprint density at radius 2 is 2.45 bits per heavy atom. The van der Waals surface area contributed by atoms with Gasteiger partial charge in [0.25, 0.3) is 0 Å². The molecule has 0 N–H and O–H groups in total. The van der Waals surface area contributed by atoms with E-state index in [1.807, 2.05) is 15.6 Å². The zero-order valence-corrected chi connectivity index (χ0v) is 11.1. The quantitative estimate of drug-likeness (QED) is 0.798. The molecule has 0 aromatic carbocycles. The molecule has 2 aromatic heterocycles. The fourth-order valence-corrected chi connectivity index (χ4v) is 2.42. The minimum atomic E-state index is 0.00575. The highest BCUT2D eigenvalue weighted by Gasteiger charge is 2.23. The highest BCUT2D eigenvalue weighted by molar-refractivity contribution is 5.91. The SMILES string of the molecule is O=C(/C=C/c1ccco1)N1CCC[C@H](n2cncn2)C1. The molecule has 0 spiro atoms. The largest absolute Gasteiger partial charge is 0.465 e. The van der Waals surface area contributed by atoms with Gasteiger partial charge in [0.15, 0.2) is 0 Å². The third-order valence-electron chi connectivity index (χ3n) is 3.45. The van der Waals surface area contributed by atoms with Crippen molar-refractivity contribution in [3.05, 3.63) is 42.9 Å².